The van der Waals surface area contributed by atoms with Crippen LogP contribution in [0.4, 0.5) is 0 Å². The van der Waals surface area contributed by atoms with Gasteiger partial charge in [-0.3, -0.25) is 4.79 Å². The predicted octanol–water partition coefficient (Wildman–Crippen LogP) is 2.26. The number of rotatable bonds is 7. The van der Waals surface area contributed by atoms with Gasteiger partial charge in [0, 0.05) is 16.0 Å². The molecule has 0 fully saturated rings. The zero-order chi connectivity index (χ0) is 20.4. The van der Waals surface area contributed by atoms with E-state index in [1.165, 1.54) is 12.1 Å². The molecule has 0 heterocycles. The Bertz CT molecular complexity index is 768. The molecule has 1 atom stereocenters. The highest BCUT2D eigenvalue weighted by Gasteiger charge is 2.15. The van der Waals surface area contributed by atoms with Crippen molar-refractivity contribution in [3.63, 3.8) is 0 Å². The highest BCUT2D eigenvalue weighted by molar-refractivity contribution is 6.35. The largest absolute Gasteiger partial charge is 0.546 e. The molecule has 0 aliphatic heterocycles. The topological polar surface area (TPSA) is 114 Å². The van der Waals surface area contributed by atoms with E-state index in [4.69, 9.17) is 44.6 Å². The second-order valence-electron chi connectivity index (χ2n) is 5.37. The molecule has 9 heteroatoms. The number of hydrogen-bond donors (Lipinski definition) is 2. The Morgan fingerprint density at radius 2 is 1.67 bits per heavy atom. The van der Waals surface area contributed by atoms with Gasteiger partial charge in [0.1, 0.15) is 12.4 Å². The fourth-order valence-corrected chi connectivity index (χ4v) is 2.65. The van der Waals surface area contributed by atoms with Crippen molar-refractivity contribution in [2.75, 3.05) is 13.2 Å². The highest BCUT2D eigenvalue weighted by Crippen LogP contribution is 2.27. The lowest BCUT2D eigenvalue weighted by molar-refractivity contribution is -0.372. The number of carboxylic acids is 2. The SMILES string of the molecule is O=C([O-])COc1ccc(Cl)cc1Cl.[NH3+]C[C@H](CC(=O)O)c1ccc(Cl)cc1. The normalized spacial score (nSPS) is 11.1. The Hall–Kier alpha value is -1.99. The Morgan fingerprint density at radius 1 is 1.07 bits per heavy atom. The van der Waals surface area contributed by atoms with Crippen molar-refractivity contribution in [3.05, 3.63) is 63.1 Å². The van der Waals surface area contributed by atoms with E-state index in [-0.39, 0.29) is 23.1 Å². The molecule has 146 valence electrons. The molecule has 0 unspecified atom stereocenters. The summed E-state index contributed by atoms with van der Waals surface area (Å²) in [5.41, 5.74) is 4.72. The zero-order valence-corrected chi connectivity index (χ0v) is 16.4. The van der Waals surface area contributed by atoms with Gasteiger partial charge < -0.3 is 25.5 Å². The van der Waals surface area contributed by atoms with E-state index in [1.54, 1.807) is 18.2 Å². The number of ether oxygens (including phenoxy) is 1. The van der Waals surface area contributed by atoms with E-state index in [2.05, 4.69) is 5.73 Å². The van der Waals surface area contributed by atoms with Crippen LogP contribution in [0.1, 0.15) is 17.9 Å². The number of carbonyl (C=O) groups excluding carboxylic acids is 1. The molecule has 0 saturated heterocycles. The molecular formula is C18H18Cl3NO5. The summed E-state index contributed by atoms with van der Waals surface area (Å²) in [6.07, 6.45) is 0.116. The third-order valence-electron chi connectivity index (χ3n) is 3.35. The van der Waals surface area contributed by atoms with Gasteiger partial charge in [-0.05, 0) is 35.9 Å². The van der Waals surface area contributed by atoms with Crippen molar-refractivity contribution in [1.82, 2.24) is 0 Å². The second-order valence-corrected chi connectivity index (χ2v) is 6.65. The van der Waals surface area contributed by atoms with Gasteiger partial charge in [-0.15, -0.1) is 0 Å². The quantitative estimate of drug-likeness (QED) is 0.694. The summed E-state index contributed by atoms with van der Waals surface area (Å²) < 4.78 is 4.80. The van der Waals surface area contributed by atoms with Gasteiger partial charge in [-0.25, -0.2) is 0 Å². The molecule has 27 heavy (non-hydrogen) atoms. The minimum absolute atomic E-state index is 0.0234. The van der Waals surface area contributed by atoms with Crippen LogP contribution in [0.5, 0.6) is 5.75 Å². The molecular weight excluding hydrogens is 417 g/mol. The number of hydrogen-bond acceptors (Lipinski definition) is 4. The Kier molecular flexibility index (Phi) is 9.96. The number of carboxylic acid groups (broad SMARTS) is 2. The molecule has 0 aliphatic carbocycles. The Balaban J connectivity index is 0.000000271. The van der Waals surface area contributed by atoms with Crippen LogP contribution in [0, 0.1) is 0 Å². The fourth-order valence-electron chi connectivity index (χ4n) is 2.06. The van der Waals surface area contributed by atoms with Gasteiger partial charge in [0.15, 0.2) is 0 Å². The van der Waals surface area contributed by atoms with E-state index in [0.717, 1.165) is 5.56 Å². The van der Waals surface area contributed by atoms with Crippen molar-refractivity contribution in [3.8, 4) is 5.75 Å². The van der Waals surface area contributed by atoms with E-state index >= 15 is 0 Å². The van der Waals surface area contributed by atoms with E-state index < -0.39 is 18.5 Å². The summed E-state index contributed by atoms with van der Waals surface area (Å²) >= 11 is 17.0. The maximum absolute atomic E-state index is 10.6. The highest BCUT2D eigenvalue weighted by atomic mass is 35.5. The van der Waals surface area contributed by atoms with Gasteiger partial charge >= 0.3 is 5.97 Å². The van der Waals surface area contributed by atoms with Gasteiger partial charge in [-0.2, -0.15) is 0 Å². The maximum atomic E-state index is 10.6. The molecule has 0 amide bonds. The average molecular weight is 435 g/mol. The van der Waals surface area contributed by atoms with Crippen LogP contribution in [-0.4, -0.2) is 30.2 Å². The molecule has 4 N–H and O–H groups in total. The lowest BCUT2D eigenvalue weighted by Gasteiger charge is -2.10. The van der Waals surface area contributed by atoms with Crippen LogP contribution in [0.2, 0.25) is 15.1 Å². The summed E-state index contributed by atoms with van der Waals surface area (Å²) in [5, 5.41) is 20.1. The van der Waals surface area contributed by atoms with Crippen LogP contribution < -0.4 is 15.6 Å². The number of benzene rings is 2. The number of aliphatic carboxylic acids is 2. The van der Waals surface area contributed by atoms with Gasteiger partial charge in [0.25, 0.3) is 0 Å². The molecule has 0 spiro atoms. The molecule has 6 nitrogen and oxygen atoms in total. The smallest absolute Gasteiger partial charge is 0.304 e. The maximum Gasteiger partial charge on any atom is 0.304 e. The first-order valence-corrected chi connectivity index (χ1v) is 8.90. The summed E-state index contributed by atoms with van der Waals surface area (Å²) in [6, 6.07) is 11.7. The molecule has 0 saturated carbocycles. The van der Waals surface area contributed by atoms with Crippen molar-refractivity contribution in [1.29, 1.82) is 0 Å². The third kappa shape index (κ3) is 8.97. The molecule has 2 rings (SSSR count). The first kappa shape index (κ1) is 23.0. The van der Waals surface area contributed by atoms with Crippen molar-refractivity contribution >= 4 is 46.7 Å². The molecule has 2 aromatic carbocycles. The van der Waals surface area contributed by atoms with E-state index in [9.17, 15) is 14.7 Å². The summed E-state index contributed by atoms with van der Waals surface area (Å²) in [5.74, 6) is -1.85. The third-order valence-corrected chi connectivity index (χ3v) is 4.13. The first-order valence-electron chi connectivity index (χ1n) is 7.77. The van der Waals surface area contributed by atoms with Crippen molar-refractivity contribution in [2.45, 2.75) is 12.3 Å². The lowest BCUT2D eigenvalue weighted by atomic mass is 9.96. The fraction of sp³-hybridized carbons (Fsp3) is 0.222. The zero-order valence-electron chi connectivity index (χ0n) is 14.2. The number of carbonyl (C=O) groups is 2. The van der Waals surface area contributed by atoms with Gasteiger partial charge in [0.05, 0.1) is 24.0 Å². The van der Waals surface area contributed by atoms with E-state index in [0.29, 0.717) is 16.6 Å². The van der Waals surface area contributed by atoms with Crippen molar-refractivity contribution < 1.29 is 30.3 Å². The van der Waals surface area contributed by atoms with Crippen LogP contribution in [0.3, 0.4) is 0 Å². The van der Waals surface area contributed by atoms with Gasteiger partial charge in [-0.1, -0.05) is 46.9 Å². The van der Waals surface area contributed by atoms with Gasteiger partial charge in [0.2, 0.25) is 0 Å². The number of quaternary nitrogens is 1. The van der Waals surface area contributed by atoms with Crippen LogP contribution in [-0.2, 0) is 9.59 Å². The molecule has 0 aliphatic rings. The van der Waals surface area contributed by atoms with Crippen LogP contribution >= 0.6 is 34.8 Å². The van der Waals surface area contributed by atoms with Crippen molar-refractivity contribution in [2.24, 2.45) is 0 Å². The number of halogens is 3. The van der Waals surface area contributed by atoms with E-state index in [1.807, 2.05) is 12.1 Å². The minimum atomic E-state index is -1.30. The summed E-state index contributed by atoms with van der Waals surface area (Å²) in [6.45, 7) is 0.0509. The first-order chi connectivity index (χ1) is 12.7. The molecule has 2 aromatic rings. The monoisotopic (exact) mass is 433 g/mol. The standard InChI is InChI=1S/C10H12ClNO2.C8H6Cl2O3/c11-9-3-1-7(2-4-9)8(6-12)5-10(13)14;9-5-1-2-7(6(10)3-5)13-4-8(11)12/h1-4,8H,5-6,12H2,(H,13,14);1-3H,4H2,(H,11,12)/t8-;/m0./s1. The Morgan fingerprint density at radius 3 is 2.15 bits per heavy atom. The summed E-state index contributed by atoms with van der Waals surface area (Å²) in [7, 11) is 0. The average Bonchev–Trinajstić information content (AvgIpc) is 2.60. The minimum Gasteiger partial charge on any atom is -0.546 e. The van der Waals surface area contributed by atoms with Crippen LogP contribution in [0.25, 0.3) is 0 Å². The predicted molar refractivity (Wildman–Crippen MR) is 101 cm³/mol. The molecule has 0 bridgehead atoms. The Labute approximate surface area is 171 Å². The summed E-state index contributed by atoms with van der Waals surface area (Å²) in [4.78, 5) is 20.6. The second kappa shape index (κ2) is 11.7. The lowest BCUT2D eigenvalue weighted by Crippen LogP contribution is -2.53. The molecule has 0 aromatic heterocycles. The molecule has 0 radical (unpaired) electrons. The van der Waals surface area contributed by atoms with Crippen LogP contribution in [0.15, 0.2) is 42.5 Å².